The summed E-state index contributed by atoms with van der Waals surface area (Å²) in [4.78, 5) is 23.9. The molecule has 4 nitrogen and oxygen atoms in total. The number of hydrogen-bond acceptors (Lipinski definition) is 2. The highest BCUT2D eigenvalue weighted by atomic mass is 16.4. The zero-order valence-corrected chi connectivity index (χ0v) is 14.9. The second-order valence-electron chi connectivity index (χ2n) is 7.46. The summed E-state index contributed by atoms with van der Waals surface area (Å²) in [5.74, 6) is -1.32. The van der Waals surface area contributed by atoms with Gasteiger partial charge in [0.05, 0.1) is 5.92 Å². The zero-order chi connectivity index (χ0) is 17.7. The first-order chi connectivity index (χ1) is 11.4. The SMILES string of the molecule is CCC(NC(=O)C1CCCC(C(=O)O)C1)C(C)(C)c1ccccc1. The predicted molar refractivity (Wildman–Crippen MR) is 94.8 cm³/mol. The van der Waals surface area contributed by atoms with Gasteiger partial charge in [-0.2, -0.15) is 0 Å². The molecule has 1 aromatic carbocycles. The zero-order valence-electron chi connectivity index (χ0n) is 14.9. The maximum Gasteiger partial charge on any atom is 0.306 e. The third-order valence-corrected chi connectivity index (χ3v) is 5.51. The number of rotatable bonds is 6. The Labute approximate surface area is 144 Å². The quantitative estimate of drug-likeness (QED) is 0.834. The Kier molecular flexibility index (Phi) is 6.03. The van der Waals surface area contributed by atoms with E-state index in [1.165, 1.54) is 5.56 Å². The Bertz CT molecular complexity index is 568. The van der Waals surface area contributed by atoms with E-state index in [0.29, 0.717) is 12.8 Å². The van der Waals surface area contributed by atoms with Crippen molar-refractivity contribution in [3.8, 4) is 0 Å². The van der Waals surface area contributed by atoms with Crippen LogP contribution in [0.1, 0.15) is 58.4 Å². The van der Waals surface area contributed by atoms with Crippen LogP contribution in [0.2, 0.25) is 0 Å². The van der Waals surface area contributed by atoms with Crippen molar-refractivity contribution in [3.05, 3.63) is 35.9 Å². The van der Waals surface area contributed by atoms with Gasteiger partial charge in [-0.1, -0.05) is 57.5 Å². The molecule has 1 aromatic rings. The van der Waals surface area contributed by atoms with Crippen LogP contribution < -0.4 is 5.32 Å². The minimum absolute atomic E-state index is 0.0109. The molecule has 0 heterocycles. The van der Waals surface area contributed by atoms with Crippen molar-refractivity contribution in [2.45, 2.75) is 64.3 Å². The highest BCUT2D eigenvalue weighted by Crippen LogP contribution is 2.32. The minimum Gasteiger partial charge on any atom is -0.481 e. The molecule has 4 heteroatoms. The Balaban J connectivity index is 2.06. The molecule has 2 rings (SSSR count). The molecule has 1 aliphatic carbocycles. The third-order valence-electron chi connectivity index (χ3n) is 5.51. The van der Waals surface area contributed by atoms with E-state index in [2.05, 4.69) is 38.2 Å². The molecule has 1 aliphatic rings. The summed E-state index contributed by atoms with van der Waals surface area (Å²) in [5.41, 5.74) is 1.02. The van der Waals surface area contributed by atoms with E-state index in [4.69, 9.17) is 0 Å². The van der Waals surface area contributed by atoms with E-state index in [1.807, 2.05) is 18.2 Å². The largest absolute Gasteiger partial charge is 0.481 e. The first kappa shape index (κ1) is 18.5. The van der Waals surface area contributed by atoms with E-state index in [0.717, 1.165) is 19.3 Å². The lowest BCUT2D eigenvalue weighted by Gasteiger charge is -2.36. The summed E-state index contributed by atoms with van der Waals surface area (Å²) >= 11 is 0. The number of amides is 1. The summed E-state index contributed by atoms with van der Waals surface area (Å²) in [6, 6.07) is 10.2. The molecule has 3 unspecified atom stereocenters. The highest BCUT2D eigenvalue weighted by Gasteiger charge is 2.35. The summed E-state index contributed by atoms with van der Waals surface area (Å²) < 4.78 is 0. The molecule has 0 spiro atoms. The molecule has 0 aliphatic heterocycles. The average Bonchev–Trinajstić information content (AvgIpc) is 2.60. The number of benzene rings is 1. The van der Waals surface area contributed by atoms with E-state index in [9.17, 15) is 14.7 Å². The van der Waals surface area contributed by atoms with Gasteiger partial charge in [-0.15, -0.1) is 0 Å². The molecule has 1 saturated carbocycles. The van der Waals surface area contributed by atoms with Crippen LogP contribution in [0.25, 0.3) is 0 Å². The summed E-state index contributed by atoms with van der Waals surface area (Å²) in [7, 11) is 0. The van der Waals surface area contributed by atoms with Crippen molar-refractivity contribution in [1.29, 1.82) is 0 Å². The van der Waals surface area contributed by atoms with Crippen molar-refractivity contribution in [2.75, 3.05) is 0 Å². The normalized spacial score (nSPS) is 22.6. The van der Waals surface area contributed by atoms with Crippen LogP contribution in [0.5, 0.6) is 0 Å². The molecule has 24 heavy (non-hydrogen) atoms. The van der Waals surface area contributed by atoms with Gasteiger partial charge in [0, 0.05) is 17.4 Å². The van der Waals surface area contributed by atoms with Gasteiger partial charge in [0.2, 0.25) is 5.91 Å². The Morgan fingerprint density at radius 3 is 2.42 bits per heavy atom. The summed E-state index contributed by atoms with van der Waals surface area (Å²) in [6.07, 6.45) is 3.59. The van der Waals surface area contributed by atoms with Gasteiger partial charge in [0.1, 0.15) is 0 Å². The molecule has 1 fully saturated rings. The van der Waals surface area contributed by atoms with Crippen LogP contribution in [-0.4, -0.2) is 23.0 Å². The standard InChI is InChI=1S/C20H29NO3/c1-4-17(20(2,3)16-11-6-5-7-12-16)21-18(22)14-9-8-10-15(13-14)19(23)24/h5-7,11-12,14-15,17H,4,8-10,13H2,1-3H3,(H,21,22)(H,23,24). The predicted octanol–water partition coefficient (Wildman–Crippen LogP) is 3.75. The molecule has 3 atom stereocenters. The van der Waals surface area contributed by atoms with Gasteiger partial charge in [-0.25, -0.2) is 0 Å². The number of nitrogens with one attached hydrogen (secondary N) is 1. The third kappa shape index (κ3) is 4.16. The van der Waals surface area contributed by atoms with Gasteiger partial charge in [0.25, 0.3) is 0 Å². The van der Waals surface area contributed by atoms with Crippen molar-refractivity contribution < 1.29 is 14.7 Å². The number of carbonyl (C=O) groups excluding carboxylic acids is 1. The number of hydrogen-bond donors (Lipinski definition) is 2. The second-order valence-corrected chi connectivity index (χ2v) is 7.46. The minimum atomic E-state index is -0.774. The molecule has 1 amide bonds. The van der Waals surface area contributed by atoms with E-state index >= 15 is 0 Å². The monoisotopic (exact) mass is 331 g/mol. The topological polar surface area (TPSA) is 66.4 Å². The van der Waals surface area contributed by atoms with Crippen molar-refractivity contribution in [1.82, 2.24) is 5.32 Å². The maximum atomic E-state index is 12.7. The number of aliphatic carboxylic acids is 1. The van der Waals surface area contributed by atoms with E-state index in [1.54, 1.807) is 0 Å². The molecule has 0 radical (unpaired) electrons. The first-order valence-corrected chi connectivity index (χ1v) is 8.95. The Morgan fingerprint density at radius 2 is 1.83 bits per heavy atom. The lowest BCUT2D eigenvalue weighted by atomic mass is 9.75. The van der Waals surface area contributed by atoms with Gasteiger partial charge in [-0.05, 0) is 31.2 Å². The smallest absolute Gasteiger partial charge is 0.306 e. The van der Waals surface area contributed by atoms with Crippen LogP contribution >= 0.6 is 0 Å². The molecule has 2 N–H and O–H groups in total. The molecule has 0 saturated heterocycles. The number of carboxylic acids is 1. The Hall–Kier alpha value is -1.84. The van der Waals surface area contributed by atoms with E-state index < -0.39 is 5.97 Å². The van der Waals surface area contributed by atoms with Crippen LogP contribution in [0, 0.1) is 11.8 Å². The fourth-order valence-electron chi connectivity index (χ4n) is 3.80. The lowest BCUT2D eigenvalue weighted by molar-refractivity contribution is -0.144. The molecule has 0 bridgehead atoms. The van der Waals surface area contributed by atoms with Crippen LogP contribution in [0.15, 0.2) is 30.3 Å². The van der Waals surface area contributed by atoms with Crippen LogP contribution in [0.4, 0.5) is 0 Å². The second kappa shape index (κ2) is 7.82. The van der Waals surface area contributed by atoms with Crippen LogP contribution in [-0.2, 0) is 15.0 Å². The first-order valence-electron chi connectivity index (χ1n) is 8.95. The van der Waals surface area contributed by atoms with Gasteiger partial charge < -0.3 is 10.4 Å². The number of carbonyl (C=O) groups is 2. The van der Waals surface area contributed by atoms with Gasteiger partial charge in [0.15, 0.2) is 0 Å². The highest BCUT2D eigenvalue weighted by molar-refractivity contribution is 5.80. The van der Waals surface area contributed by atoms with Crippen molar-refractivity contribution in [2.24, 2.45) is 11.8 Å². The Morgan fingerprint density at radius 1 is 1.21 bits per heavy atom. The maximum absolute atomic E-state index is 12.7. The average molecular weight is 331 g/mol. The fraction of sp³-hybridized carbons (Fsp3) is 0.600. The van der Waals surface area contributed by atoms with Crippen molar-refractivity contribution >= 4 is 11.9 Å². The summed E-state index contributed by atoms with van der Waals surface area (Å²) in [5, 5.41) is 12.4. The molecular weight excluding hydrogens is 302 g/mol. The van der Waals surface area contributed by atoms with Crippen LogP contribution in [0.3, 0.4) is 0 Å². The molecule has 132 valence electrons. The van der Waals surface area contributed by atoms with E-state index in [-0.39, 0.29) is 29.2 Å². The van der Waals surface area contributed by atoms with Crippen molar-refractivity contribution in [3.63, 3.8) is 0 Å². The molecule has 0 aromatic heterocycles. The summed E-state index contributed by atoms with van der Waals surface area (Å²) in [6.45, 7) is 6.38. The lowest BCUT2D eigenvalue weighted by Crippen LogP contribution is -2.49. The van der Waals surface area contributed by atoms with Gasteiger partial charge in [-0.3, -0.25) is 9.59 Å². The molecular formula is C20H29NO3. The fourth-order valence-corrected chi connectivity index (χ4v) is 3.80. The van der Waals surface area contributed by atoms with Gasteiger partial charge >= 0.3 is 5.97 Å². The number of carboxylic acid groups (broad SMARTS) is 1.